The van der Waals surface area contributed by atoms with E-state index in [0.29, 0.717) is 5.56 Å². The van der Waals surface area contributed by atoms with Crippen molar-refractivity contribution in [2.45, 2.75) is 6.92 Å². The first-order valence-electron chi connectivity index (χ1n) is 3.29. The lowest BCUT2D eigenvalue weighted by Crippen LogP contribution is -1.93. The predicted octanol–water partition coefficient (Wildman–Crippen LogP) is 3.09. The molecule has 0 aromatic heterocycles. The Balaban J connectivity index is 3.05. The molecular formula is C8H7ClF2O. The van der Waals surface area contributed by atoms with Crippen molar-refractivity contribution in [3.05, 3.63) is 28.5 Å². The van der Waals surface area contributed by atoms with Gasteiger partial charge >= 0.3 is 0 Å². The molecule has 66 valence electrons. The van der Waals surface area contributed by atoms with E-state index in [4.69, 9.17) is 11.6 Å². The molecule has 0 saturated carbocycles. The lowest BCUT2D eigenvalue weighted by molar-refractivity contribution is 0.190. The maximum atomic E-state index is 12.7. The van der Waals surface area contributed by atoms with Crippen LogP contribution in [0.4, 0.5) is 8.78 Å². The van der Waals surface area contributed by atoms with Crippen molar-refractivity contribution in [1.82, 2.24) is 0 Å². The van der Waals surface area contributed by atoms with Crippen LogP contribution in [0.15, 0.2) is 12.1 Å². The first-order chi connectivity index (χ1) is 5.65. The Bertz CT molecular complexity index is 289. The summed E-state index contributed by atoms with van der Waals surface area (Å²) < 4.78 is 29.0. The molecule has 0 spiro atoms. The van der Waals surface area contributed by atoms with Crippen LogP contribution < -0.4 is 4.74 Å². The minimum atomic E-state index is -0.970. The smallest absolute Gasteiger partial charge is 0.228 e. The van der Waals surface area contributed by atoms with Gasteiger partial charge in [0.15, 0.2) is 0 Å². The summed E-state index contributed by atoms with van der Waals surface area (Å²) in [6.07, 6.45) is 0. The van der Waals surface area contributed by atoms with Gasteiger partial charge in [-0.15, -0.1) is 0 Å². The molecule has 1 aromatic rings. The van der Waals surface area contributed by atoms with Crippen LogP contribution in [-0.4, -0.2) is 6.86 Å². The molecule has 0 atom stereocenters. The van der Waals surface area contributed by atoms with Gasteiger partial charge in [-0.05, 0) is 18.6 Å². The van der Waals surface area contributed by atoms with Gasteiger partial charge in [0.2, 0.25) is 6.86 Å². The fourth-order valence-corrected chi connectivity index (χ4v) is 1.06. The van der Waals surface area contributed by atoms with E-state index in [9.17, 15) is 8.78 Å². The topological polar surface area (TPSA) is 9.23 Å². The molecule has 0 bridgehead atoms. The zero-order valence-corrected chi connectivity index (χ0v) is 7.16. The molecule has 0 N–H and O–H groups in total. The molecule has 0 amide bonds. The molecule has 1 rings (SSSR count). The van der Waals surface area contributed by atoms with Crippen molar-refractivity contribution in [2.24, 2.45) is 0 Å². The van der Waals surface area contributed by atoms with E-state index < -0.39 is 12.7 Å². The van der Waals surface area contributed by atoms with Crippen LogP contribution in [0.3, 0.4) is 0 Å². The third kappa shape index (κ3) is 1.85. The summed E-state index contributed by atoms with van der Waals surface area (Å²) in [6, 6.07) is 2.46. The highest BCUT2D eigenvalue weighted by atomic mass is 35.5. The van der Waals surface area contributed by atoms with Crippen molar-refractivity contribution in [3.8, 4) is 5.75 Å². The molecule has 0 unspecified atom stereocenters. The summed E-state index contributed by atoms with van der Waals surface area (Å²) >= 11 is 5.46. The highest BCUT2D eigenvalue weighted by Gasteiger charge is 2.05. The molecule has 1 aromatic carbocycles. The van der Waals surface area contributed by atoms with Crippen molar-refractivity contribution < 1.29 is 13.5 Å². The van der Waals surface area contributed by atoms with E-state index in [1.54, 1.807) is 6.92 Å². The monoisotopic (exact) mass is 192 g/mol. The Labute approximate surface area is 73.9 Å². The highest BCUT2D eigenvalue weighted by Crippen LogP contribution is 2.25. The number of rotatable bonds is 2. The average molecular weight is 193 g/mol. The molecular weight excluding hydrogens is 186 g/mol. The first-order valence-corrected chi connectivity index (χ1v) is 3.67. The molecule has 12 heavy (non-hydrogen) atoms. The minimum absolute atomic E-state index is 0.0127. The van der Waals surface area contributed by atoms with Crippen LogP contribution in [-0.2, 0) is 0 Å². The van der Waals surface area contributed by atoms with Crippen molar-refractivity contribution in [2.75, 3.05) is 6.86 Å². The Hall–Kier alpha value is -0.830. The summed E-state index contributed by atoms with van der Waals surface area (Å²) in [6.45, 7) is 0.693. The summed E-state index contributed by atoms with van der Waals surface area (Å²) in [7, 11) is 0. The number of alkyl halides is 1. The van der Waals surface area contributed by atoms with Crippen LogP contribution >= 0.6 is 11.6 Å². The lowest BCUT2D eigenvalue weighted by Gasteiger charge is -2.05. The van der Waals surface area contributed by atoms with Crippen LogP contribution in [0.2, 0.25) is 5.02 Å². The van der Waals surface area contributed by atoms with Gasteiger partial charge in [0.1, 0.15) is 11.6 Å². The van der Waals surface area contributed by atoms with Gasteiger partial charge in [-0.2, -0.15) is 0 Å². The van der Waals surface area contributed by atoms with Crippen LogP contribution in [0, 0.1) is 12.7 Å². The Morgan fingerprint density at radius 1 is 1.50 bits per heavy atom. The minimum Gasteiger partial charge on any atom is -0.463 e. The molecule has 0 heterocycles. The summed E-state index contributed by atoms with van der Waals surface area (Å²) in [5.74, 6) is -0.426. The van der Waals surface area contributed by atoms with Gasteiger partial charge in [0.05, 0.1) is 5.02 Å². The van der Waals surface area contributed by atoms with E-state index in [1.807, 2.05) is 0 Å². The third-order valence-electron chi connectivity index (χ3n) is 1.43. The second-order valence-electron chi connectivity index (χ2n) is 2.29. The predicted molar refractivity (Wildman–Crippen MR) is 42.8 cm³/mol. The van der Waals surface area contributed by atoms with E-state index in [-0.39, 0.29) is 10.8 Å². The molecule has 0 radical (unpaired) electrons. The van der Waals surface area contributed by atoms with Gasteiger partial charge < -0.3 is 4.74 Å². The Morgan fingerprint density at radius 3 is 2.75 bits per heavy atom. The quantitative estimate of drug-likeness (QED) is 0.700. The van der Waals surface area contributed by atoms with Crippen LogP contribution in [0.5, 0.6) is 5.75 Å². The second kappa shape index (κ2) is 3.72. The second-order valence-corrected chi connectivity index (χ2v) is 2.69. The fourth-order valence-electron chi connectivity index (χ4n) is 0.842. The summed E-state index contributed by atoms with van der Waals surface area (Å²) in [5, 5.41) is 0.0127. The SMILES string of the molecule is Cc1cc(Cl)c(F)cc1OCF. The number of hydrogen-bond acceptors (Lipinski definition) is 1. The van der Waals surface area contributed by atoms with Gasteiger partial charge in [0.25, 0.3) is 0 Å². The zero-order valence-electron chi connectivity index (χ0n) is 6.40. The lowest BCUT2D eigenvalue weighted by atomic mass is 10.2. The van der Waals surface area contributed by atoms with Crippen molar-refractivity contribution >= 4 is 11.6 Å². The zero-order chi connectivity index (χ0) is 9.14. The largest absolute Gasteiger partial charge is 0.463 e. The fraction of sp³-hybridized carbons (Fsp3) is 0.250. The Kier molecular flexibility index (Phi) is 2.87. The molecule has 1 nitrogen and oxygen atoms in total. The number of halogens is 3. The maximum absolute atomic E-state index is 12.7. The summed E-state index contributed by atoms with van der Waals surface area (Å²) in [4.78, 5) is 0. The third-order valence-corrected chi connectivity index (χ3v) is 1.72. The first kappa shape index (κ1) is 9.26. The molecule has 0 fully saturated rings. The van der Waals surface area contributed by atoms with Crippen molar-refractivity contribution in [1.29, 1.82) is 0 Å². The number of benzene rings is 1. The molecule has 4 heteroatoms. The van der Waals surface area contributed by atoms with E-state index in [2.05, 4.69) is 4.74 Å². The number of hydrogen-bond donors (Lipinski definition) is 0. The van der Waals surface area contributed by atoms with E-state index in [0.717, 1.165) is 6.07 Å². The van der Waals surface area contributed by atoms with Gasteiger partial charge in [-0.25, -0.2) is 8.78 Å². The molecule has 0 aliphatic heterocycles. The van der Waals surface area contributed by atoms with Gasteiger partial charge in [-0.3, -0.25) is 0 Å². The molecule has 0 saturated heterocycles. The van der Waals surface area contributed by atoms with Crippen LogP contribution in [0.25, 0.3) is 0 Å². The van der Waals surface area contributed by atoms with Gasteiger partial charge in [0, 0.05) is 6.07 Å². The van der Waals surface area contributed by atoms with Crippen LogP contribution in [0.1, 0.15) is 5.56 Å². The Morgan fingerprint density at radius 2 is 2.17 bits per heavy atom. The highest BCUT2D eigenvalue weighted by molar-refractivity contribution is 6.30. The normalized spacial score (nSPS) is 10.0. The van der Waals surface area contributed by atoms with E-state index >= 15 is 0 Å². The summed E-state index contributed by atoms with van der Waals surface area (Å²) in [5.41, 5.74) is 0.610. The average Bonchev–Trinajstić information content (AvgIpc) is 2.01. The molecule has 0 aliphatic carbocycles. The number of aryl methyl sites for hydroxylation is 1. The maximum Gasteiger partial charge on any atom is 0.228 e. The standard InChI is InChI=1S/C8H7ClF2O/c1-5-2-6(9)7(11)3-8(5)12-4-10/h2-3H,4H2,1H3. The van der Waals surface area contributed by atoms with Crippen molar-refractivity contribution in [3.63, 3.8) is 0 Å². The molecule has 0 aliphatic rings. The number of ether oxygens (including phenoxy) is 1. The van der Waals surface area contributed by atoms with E-state index in [1.165, 1.54) is 6.07 Å². The van der Waals surface area contributed by atoms with Gasteiger partial charge in [-0.1, -0.05) is 11.6 Å².